The van der Waals surface area contributed by atoms with Gasteiger partial charge in [-0.3, -0.25) is 0 Å². The van der Waals surface area contributed by atoms with E-state index in [9.17, 15) is 0 Å². The number of ether oxygens (including phenoxy) is 1. The molecule has 0 bridgehead atoms. The van der Waals surface area contributed by atoms with Crippen molar-refractivity contribution in [3.8, 4) is 23.0 Å². The number of fused-ring (bicyclic) bond motifs is 12. The second-order valence-corrected chi connectivity index (χ2v) is 12.3. The normalized spacial score (nSPS) is 11.8. The first-order valence-corrected chi connectivity index (χ1v) is 15.9. The molecular weight excluding hydrogens is 788 g/mol. The van der Waals surface area contributed by atoms with E-state index in [1.54, 1.807) is 0 Å². The van der Waals surface area contributed by atoms with E-state index in [1.165, 1.54) is 49.0 Å². The summed E-state index contributed by atoms with van der Waals surface area (Å²) in [5.74, 6) is 2.02. The van der Waals surface area contributed by atoms with Crippen LogP contribution in [0.2, 0.25) is 0 Å². The van der Waals surface area contributed by atoms with Gasteiger partial charge in [-0.2, -0.15) is 18.2 Å². The summed E-state index contributed by atoms with van der Waals surface area (Å²) in [5, 5.41) is 7.13. The van der Waals surface area contributed by atoms with Gasteiger partial charge in [-0.15, -0.1) is 24.3 Å². The zero-order valence-electron chi connectivity index (χ0n) is 26.9. The number of hydrogen-bond acceptors (Lipinski definition) is 2. The summed E-state index contributed by atoms with van der Waals surface area (Å²) >= 11 is 0. The Morgan fingerprint density at radius 1 is 0.633 bits per heavy atom. The third-order valence-corrected chi connectivity index (χ3v) is 9.59. The van der Waals surface area contributed by atoms with Crippen LogP contribution >= 0.6 is 0 Å². The monoisotopic (exact) mass is 815 g/mol. The van der Waals surface area contributed by atoms with Crippen molar-refractivity contribution >= 4 is 65.4 Å². The van der Waals surface area contributed by atoms with Crippen molar-refractivity contribution in [3.05, 3.63) is 134 Å². The number of nitrogens with zero attached hydrogens (tertiary/aromatic N) is 6. The summed E-state index contributed by atoms with van der Waals surface area (Å²) in [6.45, 7) is 0. The molecule has 5 heterocycles. The topological polar surface area (TPSA) is 45.7 Å². The smallest absolute Gasteiger partial charge is 0.241 e. The number of para-hydroxylation sites is 2. The molecule has 10 rings (SSSR count). The van der Waals surface area contributed by atoms with Crippen molar-refractivity contribution in [2.24, 2.45) is 21.1 Å². The zero-order valence-corrected chi connectivity index (χ0v) is 29.1. The van der Waals surface area contributed by atoms with E-state index in [-0.39, 0.29) is 21.1 Å². The predicted molar refractivity (Wildman–Crippen MR) is 190 cm³/mol. The maximum Gasteiger partial charge on any atom is 0.241 e. The molecule has 0 fully saturated rings. The maximum atomic E-state index is 6.48. The molecule has 0 radical (unpaired) electrons. The fourth-order valence-corrected chi connectivity index (χ4v) is 7.59. The van der Waals surface area contributed by atoms with Gasteiger partial charge in [-0.25, -0.2) is 4.98 Å². The van der Waals surface area contributed by atoms with Gasteiger partial charge in [-0.1, -0.05) is 59.1 Å². The van der Waals surface area contributed by atoms with Gasteiger partial charge in [0, 0.05) is 103 Å². The van der Waals surface area contributed by atoms with Crippen LogP contribution in [0.25, 0.3) is 76.9 Å². The number of imidazole rings is 1. The second kappa shape index (κ2) is 10.9. The molecular formula is C41H28N6OPt-2. The molecule has 5 aromatic heterocycles. The number of hydrogen-bond donors (Lipinski definition) is 0. The first-order valence-electron chi connectivity index (χ1n) is 15.9. The Hall–Kier alpha value is -5.65. The average molecular weight is 816 g/mol. The van der Waals surface area contributed by atoms with Crippen LogP contribution in [-0.4, -0.2) is 23.3 Å². The van der Waals surface area contributed by atoms with E-state index in [4.69, 9.17) is 9.72 Å². The van der Waals surface area contributed by atoms with Crippen LogP contribution in [0.15, 0.2) is 116 Å². The van der Waals surface area contributed by atoms with Crippen LogP contribution in [0.3, 0.4) is 0 Å². The molecule has 0 aliphatic heterocycles. The van der Waals surface area contributed by atoms with Gasteiger partial charge in [0.15, 0.2) is 0 Å². The van der Waals surface area contributed by atoms with E-state index in [1.807, 2.05) is 71.2 Å². The molecule has 0 atom stereocenters. The quantitative estimate of drug-likeness (QED) is 0.133. The van der Waals surface area contributed by atoms with Crippen molar-refractivity contribution in [3.63, 3.8) is 0 Å². The molecule has 240 valence electrons. The molecule has 7 nitrogen and oxygen atoms in total. The average Bonchev–Trinajstić information content (AvgIpc) is 3.86. The molecule has 0 amide bonds. The number of rotatable bonds is 4. The Balaban J connectivity index is 0.00000325. The Morgan fingerprint density at radius 3 is 1.96 bits per heavy atom. The van der Waals surface area contributed by atoms with E-state index in [0.717, 1.165) is 27.9 Å². The van der Waals surface area contributed by atoms with Gasteiger partial charge in [0.1, 0.15) is 5.82 Å². The molecule has 49 heavy (non-hydrogen) atoms. The molecule has 0 saturated carbocycles. The zero-order chi connectivity index (χ0) is 32.1. The molecule has 5 aromatic carbocycles. The molecule has 0 aliphatic rings. The number of benzene rings is 5. The molecule has 0 N–H and O–H groups in total. The van der Waals surface area contributed by atoms with E-state index in [0.29, 0.717) is 11.5 Å². The Morgan fingerprint density at radius 2 is 1.29 bits per heavy atom. The minimum atomic E-state index is 0. The van der Waals surface area contributed by atoms with Gasteiger partial charge in [-0.05, 0) is 29.7 Å². The minimum absolute atomic E-state index is 0. The standard InChI is InChI=1S/C41H28N6O.Pt/c1-43-21-22-46(25-43)26-11-10-12-27(23-26)48-28-18-19-31-34(24-28)47(35-17-8-9-20-42-35)41-37-30-14-5-7-16-33(30)45(3)39(37)36-29-13-4-6-15-32(29)44(2)40(36)38(31)41;/h4-22H,1-3H3;/q-2;. The number of aromatic nitrogens is 6. The summed E-state index contributed by atoms with van der Waals surface area (Å²) < 4.78 is 17.2. The van der Waals surface area contributed by atoms with Crippen LogP contribution in [0.5, 0.6) is 11.5 Å². The summed E-state index contributed by atoms with van der Waals surface area (Å²) in [7, 11) is 6.30. The van der Waals surface area contributed by atoms with Crippen molar-refractivity contribution in [1.82, 2.24) is 23.3 Å². The number of aryl methyl sites for hydroxylation is 3. The van der Waals surface area contributed by atoms with Crippen LogP contribution in [0, 0.1) is 18.5 Å². The van der Waals surface area contributed by atoms with E-state index >= 15 is 0 Å². The second-order valence-electron chi connectivity index (χ2n) is 12.3. The van der Waals surface area contributed by atoms with Crippen molar-refractivity contribution in [2.75, 3.05) is 0 Å². The van der Waals surface area contributed by atoms with Crippen molar-refractivity contribution in [2.45, 2.75) is 0 Å². The van der Waals surface area contributed by atoms with Gasteiger partial charge >= 0.3 is 0 Å². The third kappa shape index (κ3) is 4.19. The van der Waals surface area contributed by atoms with Gasteiger partial charge in [0.2, 0.25) is 6.33 Å². The van der Waals surface area contributed by atoms with Crippen molar-refractivity contribution in [1.29, 1.82) is 0 Å². The fraction of sp³-hybridized carbons (Fsp3) is 0.0732. The summed E-state index contributed by atoms with van der Waals surface area (Å²) in [6.07, 6.45) is 8.97. The van der Waals surface area contributed by atoms with Crippen LogP contribution < -0.4 is 9.30 Å². The third-order valence-electron chi connectivity index (χ3n) is 9.59. The summed E-state index contributed by atoms with van der Waals surface area (Å²) in [5.41, 5.74) is 7.61. The molecule has 10 aromatic rings. The molecule has 0 spiro atoms. The fourth-order valence-electron chi connectivity index (χ4n) is 7.59. The Kier molecular flexibility index (Phi) is 6.58. The van der Waals surface area contributed by atoms with E-state index in [2.05, 4.69) is 107 Å². The maximum absolute atomic E-state index is 6.48. The van der Waals surface area contributed by atoms with Crippen LogP contribution in [-0.2, 0) is 42.2 Å². The number of pyridine rings is 1. The van der Waals surface area contributed by atoms with Gasteiger partial charge < -0.3 is 27.6 Å². The minimum Gasteiger partial charge on any atom is -0.510 e. The predicted octanol–water partition coefficient (Wildman–Crippen LogP) is 8.27. The summed E-state index contributed by atoms with van der Waals surface area (Å²) in [6, 6.07) is 40.6. The molecule has 0 saturated heterocycles. The molecule has 0 unspecified atom stereocenters. The molecule has 8 heteroatoms. The first-order chi connectivity index (χ1) is 23.6. The van der Waals surface area contributed by atoms with Gasteiger partial charge in [0.25, 0.3) is 0 Å². The van der Waals surface area contributed by atoms with Crippen LogP contribution in [0.1, 0.15) is 0 Å². The first kappa shape index (κ1) is 29.5. The van der Waals surface area contributed by atoms with E-state index < -0.39 is 0 Å². The van der Waals surface area contributed by atoms with Crippen LogP contribution in [0.4, 0.5) is 0 Å². The summed E-state index contributed by atoms with van der Waals surface area (Å²) in [4.78, 5) is 4.90. The largest absolute Gasteiger partial charge is 0.510 e. The van der Waals surface area contributed by atoms with Gasteiger partial charge in [0.05, 0.1) is 18.1 Å². The Bertz CT molecular complexity index is 2910. The van der Waals surface area contributed by atoms with Crippen molar-refractivity contribution < 1.29 is 30.4 Å². The SMILES string of the molecule is Cn1[c-][n+](-c2[c-]c(Oc3[c-]c4c(cc3)c3c5c(c6ccccc6n5C)c5c(c6ccccc6n5C)c3n4-c3ccccn3)ccc2)cc1.[Pt]. The molecule has 0 aliphatic carbocycles. The Labute approximate surface area is 296 Å².